The van der Waals surface area contributed by atoms with Crippen LogP contribution in [0.25, 0.3) is 0 Å². The summed E-state index contributed by atoms with van der Waals surface area (Å²) in [6, 6.07) is 5.47. The molecule has 0 aliphatic carbocycles. The molecule has 2 heterocycles. The summed E-state index contributed by atoms with van der Waals surface area (Å²) in [5, 5.41) is 0. The highest BCUT2D eigenvalue weighted by atomic mass is 16.5. The number of hydrogen-bond acceptors (Lipinski definition) is 4. The van der Waals surface area contributed by atoms with E-state index in [1.165, 1.54) is 74.2 Å². The minimum absolute atomic E-state index is 0.579. The molecule has 0 N–H and O–H groups in total. The molecule has 0 bridgehead atoms. The molecule has 26 heavy (non-hydrogen) atoms. The van der Waals surface area contributed by atoms with Gasteiger partial charge in [-0.15, -0.1) is 0 Å². The summed E-state index contributed by atoms with van der Waals surface area (Å²) in [4.78, 5) is 7.68. The van der Waals surface area contributed by atoms with Crippen LogP contribution in [0, 0.1) is 13.8 Å². The lowest BCUT2D eigenvalue weighted by Crippen LogP contribution is -2.44. The van der Waals surface area contributed by atoms with Gasteiger partial charge < -0.3 is 9.64 Å². The van der Waals surface area contributed by atoms with E-state index in [0.29, 0.717) is 6.04 Å². The van der Waals surface area contributed by atoms with E-state index in [4.69, 9.17) is 4.74 Å². The van der Waals surface area contributed by atoms with Crippen molar-refractivity contribution in [3.05, 3.63) is 34.4 Å². The highest BCUT2D eigenvalue weighted by Gasteiger charge is 2.23. The molecule has 4 heteroatoms. The third-order valence-electron chi connectivity index (χ3n) is 6.27. The Morgan fingerprint density at radius 3 is 2.31 bits per heavy atom. The van der Waals surface area contributed by atoms with Gasteiger partial charge in [0.05, 0.1) is 6.61 Å². The van der Waals surface area contributed by atoms with Crippen LogP contribution in [0.3, 0.4) is 0 Å². The van der Waals surface area contributed by atoms with Gasteiger partial charge in [-0.1, -0.05) is 18.6 Å². The zero-order chi connectivity index (χ0) is 18.5. The predicted octanol–water partition coefficient (Wildman–Crippen LogP) is 3.05. The second kappa shape index (κ2) is 9.32. The zero-order valence-corrected chi connectivity index (χ0v) is 17.3. The molecular weight excluding hydrogens is 322 g/mol. The molecule has 3 rings (SSSR count). The lowest BCUT2D eigenvalue weighted by molar-refractivity contribution is 0.0599. The fourth-order valence-electron chi connectivity index (χ4n) is 4.40. The van der Waals surface area contributed by atoms with Gasteiger partial charge in [-0.05, 0) is 62.5 Å². The van der Waals surface area contributed by atoms with E-state index in [1.807, 2.05) is 7.11 Å². The smallest absolute Gasteiger partial charge is 0.0618 e. The number of hydrogen-bond donors (Lipinski definition) is 0. The summed E-state index contributed by atoms with van der Waals surface area (Å²) >= 11 is 0. The first-order chi connectivity index (χ1) is 12.6. The molecule has 0 spiro atoms. The zero-order valence-electron chi connectivity index (χ0n) is 17.3. The molecule has 2 aliphatic rings. The largest absolute Gasteiger partial charge is 0.383 e. The van der Waals surface area contributed by atoms with Gasteiger partial charge in [0, 0.05) is 52.4 Å². The third kappa shape index (κ3) is 5.07. The van der Waals surface area contributed by atoms with Crippen molar-refractivity contribution < 1.29 is 4.74 Å². The first kappa shape index (κ1) is 19.8. The molecule has 1 aromatic carbocycles. The number of likely N-dealkylation sites (tertiary alicyclic amines) is 1. The van der Waals surface area contributed by atoms with Gasteiger partial charge in [-0.2, -0.15) is 0 Å². The lowest BCUT2D eigenvalue weighted by Gasteiger charge is -2.36. The number of piperazine rings is 1. The van der Waals surface area contributed by atoms with E-state index in [0.717, 1.165) is 19.7 Å². The lowest BCUT2D eigenvalue weighted by atomic mass is 9.96. The number of nitrogens with zero attached hydrogens (tertiary/aromatic N) is 3. The Balaban J connectivity index is 1.70. The molecule has 0 unspecified atom stereocenters. The highest BCUT2D eigenvalue weighted by Crippen LogP contribution is 2.24. The van der Waals surface area contributed by atoms with Gasteiger partial charge in [-0.3, -0.25) is 9.80 Å². The monoisotopic (exact) mass is 359 g/mol. The first-order valence-corrected chi connectivity index (χ1v) is 10.3. The second-order valence-corrected chi connectivity index (χ2v) is 8.36. The molecular formula is C22H37N3O. The quantitative estimate of drug-likeness (QED) is 0.777. The fraction of sp³-hybridized carbons (Fsp3) is 0.727. The van der Waals surface area contributed by atoms with Crippen LogP contribution in [0.5, 0.6) is 0 Å². The van der Waals surface area contributed by atoms with Crippen LogP contribution >= 0.6 is 0 Å². The number of piperidine rings is 1. The minimum atomic E-state index is 0.579. The minimum Gasteiger partial charge on any atom is -0.383 e. The maximum absolute atomic E-state index is 5.48. The van der Waals surface area contributed by atoms with E-state index in [1.54, 1.807) is 0 Å². The van der Waals surface area contributed by atoms with Crippen molar-refractivity contribution in [2.45, 2.75) is 52.2 Å². The topological polar surface area (TPSA) is 19.0 Å². The first-order valence-electron chi connectivity index (χ1n) is 10.3. The normalized spacial score (nSPS) is 23.5. The van der Waals surface area contributed by atoms with Crippen LogP contribution in [-0.2, 0) is 17.8 Å². The Kier molecular flexibility index (Phi) is 7.10. The van der Waals surface area contributed by atoms with E-state index in [-0.39, 0.29) is 0 Å². The summed E-state index contributed by atoms with van der Waals surface area (Å²) in [5.74, 6) is 0. The maximum Gasteiger partial charge on any atom is 0.0618 e. The Hall–Kier alpha value is -0.940. The number of ether oxygens (including phenoxy) is 1. The summed E-state index contributed by atoms with van der Waals surface area (Å²) in [6.07, 6.45) is 3.93. The average molecular weight is 360 g/mol. The van der Waals surface area contributed by atoms with Crippen molar-refractivity contribution in [2.75, 3.05) is 53.5 Å². The van der Waals surface area contributed by atoms with Gasteiger partial charge in [-0.25, -0.2) is 0 Å². The molecule has 146 valence electrons. The summed E-state index contributed by atoms with van der Waals surface area (Å²) in [7, 11) is 4.06. The van der Waals surface area contributed by atoms with Crippen LogP contribution in [0.4, 0.5) is 0 Å². The van der Waals surface area contributed by atoms with Crippen molar-refractivity contribution in [3.8, 4) is 0 Å². The average Bonchev–Trinajstić information content (AvgIpc) is 2.63. The number of rotatable bonds is 6. The van der Waals surface area contributed by atoms with Crippen LogP contribution in [0.1, 0.15) is 41.5 Å². The third-order valence-corrected chi connectivity index (χ3v) is 6.27. The Morgan fingerprint density at radius 1 is 0.923 bits per heavy atom. The number of aryl methyl sites for hydroxylation is 2. The van der Waals surface area contributed by atoms with Crippen LogP contribution in [0.2, 0.25) is 0 Å². The Labute approximate surface area is 160 Å². The summed E-state index contributed by atoms with van der Waals surface area (Å²) in [5.41, 5.74) is 5.89. The highest BCUT2D eigenvalue weighted by molar-refractivity contribution is 5.37. The van der Waals surface area contributed by atoms with Crippen LogP contribution in [-0.4, -0.2) is 74.2 Å². The van der Waals surface area contributed by atoms with Crippen molar-refractivity contribution in [2.24, 2.45) is 0 Å². The molecule has 2 fully saturated rings. The predicted molar refractivity (Wildman–Crippen MR) is 109 cm³/mol. The maximum atomic E-state index is 5.48. The molecule has 1 aromatic rings. The van der Waals surface area contributed by atoms with Crippen molar-refractivity contribution >= 4 is 0 Å². The van der Waals surface area contributed by atoms with Gasteiger partial charge in [0.2, 0.25) is 0 Å². The Morgan fingerprint density at radius 2 is 1.62 bits per heavy atom. The molecule has 4 nitrogen and oxygen atoms in total. The van der Waals surface area contributed by atoms with Gasteiger partial charge in [0.15, 0.2) is 0 Å². The molecule has 0 aromatic heterocycles. The van der Waals surface area contributed by atoms with Crippen molar-refractivity contribution in [1.82, 2.24) is 14.7 Å². The summed E-state index contributed by atoms with van der Waals surface area (Å²) < 4.78 is 5.48. The molecule has 0 amide bonds. The van der Waals surface area contributed by atoms with Crippen LogP contribution in [0.15, 0.2) is 12.1 Å². The fourth-order valence-corrected chi connectivity index (χ4v) is 4.40. The molecule has 2 saturated heterocycles. The molecule has 2 aliphatic heterocycles. The van der Waals surface area contributed by atoms with E-state index in [2.05, 4.69) is 47.7 Å². The van der Waals surface area contributed by atoms with E-state index in [9.17, 15) is 0 Å². The van der Waals surface area contributed by atoms with Crippen molar-refractivity contribution in [1.29, 1.82) is 0 Å². The van der Waals surface area contributed by atoms with Gasteiger partial charge >= 0.3 is 0 Å². The van der Waals surface area contributed by atoms with Gasteiger partial charge in [0.25, 0.3) is 0 Å². The Bertz CT molecular complexity index is 579. The SMILES string of the molecule is COC[C@@H]1CCCCN1Cc1cc(CN2CCN(C)CC2)c(C)cc1C. The number of methoxy groups -OCH3 is 1. The number of likely N-dealkylation sites (N-methyl/N-ethyl adjacent to an activating group) is 1. The molecule has 0 saturated carbocycles. The standard InChI is InChI=1S/C22H37N3O/c1-18-13-19(2)21(16-25-8-6-5-7-22(25)17-26-4)14-20(18)15-24-11-9-23(3)10-12-24/h13-14,22H,5-12,15-17H2,1-4H3/t22-/m0/s1. The second-order valence-electron chi connectivity index (χ2n) is 8.36. The molecule has 1 atom stereocenters. The van der Waals surface area contributed by atoms with E-state index >= 15 is 0 Å². The summed E-state index contributed by atoms with van der Waals surface area (Å²) in [6.45, 7) is 13.5. The number of benzene rings is 1. The van der Waals surface area contributed by atoms with Gasteiger partial charge in [0.1, 0.15) is 0 Å². The van der Waals surface area contributed by atoms with Crippen LogP contribution < -0.4 is 0 Å². The molecule has 0 radical (unpaired) electrons. The van der Waals surface area contributed by atoms with E-state index < -0.39 is 0 Å². The van der Waals surface area contributed by atoms with Crippen molar-refractivity contribution in [3.63, 3.8) is 0 Å².